The maximum Gasteiger partial charge on any atom is 0.227 e. The summed E-state index contributed by atoms with van der Waals surface area (Å²) >= 11 is 0. The number of phenolic OH excluding ortho intramolecular Hbond substituents is 1. The van der Waals surface area contributed by atoms with E-state index >= 15 is 0 Å². The zero-order chi connectivity index (χ0) is 15.9. The van der Waals surface area contributed by atoms with Crippen LogP contribution in [0.5, 0.6) is 17.2 Å². The molecule has 1 heterocycles. The van der Waals surface area contributed by atoms with Gasteiger partial charge in [-0.3, -0.25) is 4.79 Å². The lowest BCUT2D eigenvalue weighted by Crippen LogP contribution is -2.09. The normalized spacial score (nSPS) is 10.8. The lowest BCUT2D eigenvalue weighted by molar-refractivity contribution is 0.331. The predicted molar refractivity (Wildman–Crippen MR) is 83.5 cm³/mol. The molecule has 5 nitrogen and oxygen atoms in total. The number of aryl methyl sites for hydroxylation is 1. The third-order valence-electron chi connectivity index (χ3n) is 3.07. The van der Waals surface area contributed by atoms with Gasteiger partial charge in [0.1, 0.15) is 12.4 Å². The minimum absolute atomic E-state index is 0.0883. The summed E-state index contributed by atoms with van der Waals surface area (Å²) in [4.78, 5) is 11.7. The van der Waals surface area contributed by atoms with Crippen LogP contribution < -0.4 is 14.9 Å². The SMILES string of the molecule is CCc1occc(=O)c1OC/C=C/c1ccc(O)c(OC)c1. The van der Waals surface area contributed by atoms with Crippen LogP contribution in [-0.4, -0.2) is 18.8 Å². The summed E-state index contributed by atoms with van der Waals surface area (Å²) < 4.78 is 15.8. The molecule has 0 aliphatic heterocycles. The van der Waals surface area contributed by atoms with E-state index in [0.717, 1.165) is 5.56 Å². The number of aromatic hydroxyl groups is 1. The minimum atomic E-state index is -0.192. The van der Waals surface area contributed by atoms with Gasteiger partial charge in [0.05, 0.1) is 13.4 Å². The Balaban J connectivity index is 2.04. The summed E-state index contributed by atoms with van der Waals surface area (Å²) in [5.41, 5.74) is 0.664. The van der Waals surface area contributed by atoms with Gasteiger partial charge in [0.25, 0.3) is 0 Å². The zero-order valence-corrected chi connectivity index (χ0v) is 12.5. The number of methoxy groups -OCH3 is 1. The van der Waals surface area contributed by atoms with Gasteiger partial charge in [-0.15, -0.1) is 0 Å². The number of phenols is 1. The maximum atomic E-state index is 11.7. The Hall–Kier alpha value is -2.69. The molecule has 0 atom stereocenters. The topological polar surface area (TPSA) is 68.9 Å². The molecule has 0 radical (unpaired) electrons. The highest BCUT2D eigenvalue weighted by Gasteiger charge is 2.07. The molecule has 5 heteroatoms. The van der Waals surface area contributed by atoms with E-state index in [1.165, 1.54) is 19.4 Å². The molecule has 0 aliphatic carbocycles. The monoisotopic (exact) mass is 302 g/mol. The molecule has 0 aliphatic rings. The summed E-state index contributed by atoms with van der Waals surface area (Å²) in [5, 5.41) is 9.52. The van der Waals surface area contributed by atoms with Crippen molar-refractivity contribution >= 4 is 6.08 Å². The fraction of sp³-hybridized carbons (Fsp3) is 0.235. The molecule has 1 aromatic carbocycles. The third kappa shape index (κ3) is 3.69. The first-order chi connectivity index (χ1) is 10.7. The molecule has 116 valence electrons. The average molecular weight is 302 g/mol. The van der Waals surface area contributed by atoms with Gasteiger partial charge in [0.2, 0.25) is 11.2 Å². The van der Waals surface area contributed by atoms with E-state index in [1.54, 1.807) is 24.3 Å². The lowest BCUT2D eigenvalue weighted by Gasteiger charge is -2.06. The van der Waals surface area contributed by atoms with Gasteiger partial charge < -0.3 is 19.0 Å². The average Bonchev–Trinajstić information content (AvgIpc) is 2.53. The van der Waals surface area contributed by atoms with E-state index < -0.39 is 0 Å². The lowest BCUT2D eigenvalue weighted by atomic mass is 10.2. The van der Waals surface area contributed by atoms with E-state index in [1.807, 2.05) is 13.0 Å². The van der Waals surface area contributed by atoms with Gasteiger partial charge in [-0.05, 0) is 23.8 Å². The van der Waals surface area contributed by atoms with Gasteiger partial charge in [-0.1, -0.05) is 19.1 Å². The van der Waals surface area contributed by atoms with E-state index in [9.17, 15) is 9.90 Å². The van der Waals surface area contributed by atoms with Crippen LogP contribution in [0.2, 0.25) is 0 Å². The highest BCUT2D eigenvalue weighted by Crippen LogP contribution is 2.26. The minimum Gasteiger partial charge on any atom is -0.504 e. The summed E-state index contributed by atoms with van der Waals surface area (Å²) in [6.45, 7) is 2.13. The number of hydrogen-bond donors (Lipinski definition) is 1. The second-order valence-corrected chi connectivity index (χ2v) is 4.54. The van der Waals surface area contributed by atoms with Crippen LogP contribution in [0.25, 0.3) is 6.08 Å². The van der Waals surface area contributed by atoms with Crippen molar-refractivity contribution < 1.29 is 19.0 Å². The van der Waals surface area contributed by atoms with Crippen molar-refractivity contribution in [3.63, 3.8) is 0 Å². The van der Waals surface area contributed by atoms with Crippen LogP contribution in [-0.2, 0) is 6.42 Å². The summed E-state index contributed by atoms with van der Waals surface area (Å²) in [5.74, 6) is 1.27. The summed E-state index contributed by atoms with van der Waals surface area (Å²) in [7, 11) is 1.49. The van der Waals surface area contributed by atoms with Gasteiger partial charge in [-0.2, -0.15) is 0 Å². The molecule has 1 N–H and O–H groups in total. The summed E-state index contributed by atoms with van der Waals surface area (Å²) in [6.07, 6.45) is 5.55. The number of benzene rings is 1. The van der Waals surface area contributed by atoms with Gasteiger partial charge in [-0.25, -0.2) is 0 Å². The number of rotatable bonds is 6. The highest BCUT2D eigenvalue weighted by atomic mass is 16.5. The van der Waals surface area contributed by atoms with E-state index in [0.29, 0.717) is 17.9 Å². The standard InChI is InChI=1S/C17H18O5/c1-3-15-17(14(19)8-10-21-15)22-9-4-5-12-6-7-13(18)16(11-12)20-2/h4-8,10-11,18H,3,9H2,1-2H3/b5-4+. The third-order valence-corrected chi connectivity index (χ3v) is 3.07. The largest absolute Gasteiger partial charge is 0.504 e. The van der Waals surface area contributed by atoms with Crippen LogP contribution >= 0.6 is 0 Å². The molecular weight excluding hydrogens is 284 g/mol. The van der Waals surface area contributed by atoms with Crippen molar-refractivity contribution in [1.29, 1.82) is 0 Å². The molecule has 0 spiro atoms. The van der Waals surface area contributed by atoms with E-state index in [2.05, 4.69) is 0 Å². The fourth-order valence-corrected chi connectivity index (χ4v) is 1.95. The first-order valence-electron chi connectivity index (χ1n) is 6.92. The van der Waals surface area contributed by atoms with Gasteiger partial charge in [0, 0.05) is 12.5 Å². The fourth-order valence-electron chi connectivity index (χ4n) is 1.95. The first kappa shape index (κ1) is 15.7. The van der Waals surface area contributed by atoms with Crippen molar-refractivity contribution in [3.8, 4) is 17.2 Å². The molecule has 0 saturated heterocycles. The summed E-state index contributed by atoms with van der Waals surface area (Å²) in [6, 6.07) is 6.35. The van der Waals surface area contributed by atoms with Crippen molar-refractivity contribution in [2.45, 2.75) is 13.3 Å². The van der Waals surface area contributed by atoms with Crippen LogP contribution in [0.15, 0.2) is 45.8 Å². The Morgan fingerprint density at radius 2 is 2.14 bits per heavy atom. The first-order valence-corrected chi connectivity index (χ1v) is 6.92. The quantitative estimate of drug-likeness (QED) is 0.888. The van der Waals surface area contributed by atoms with Crippen molar-refractivity contribution in [2.75, 3.05) is 13.7 Å². The Kier molecular flexibility index (Phi) is 5.25. The molecule has 22 heavy (non-hydrogen) atoms. The molecule has 1 aromatic heterocycles. The molecule has 0 unspecified atom stereocenters. The molecule has 0 fully saturated rings. The van der Waals surface area contributed by atoms with Gasteiger partial charge in [0.15, 0.2) is 11.5 Å². The van der Waals surface area contributed by atoms with Crippen LogP contribution in [0.3, 0.4) is 0 Å². The van der Waals surface area contributed by atoms with E-state index in [4.69, 9.17) is 13.9 Å². The molecule has 0 saturated carbocycles. The van der Waals surface area contributed by atoms with Crippen molar-refractivity contribution in [2.24, 2.45) is 0 Å². The number of ether oxygens (including phenoxy) is 2. The molecule has 0 bridgehead atoms. The van der Waals surface area contributed by atoms with Crippen molar-refractivity contribution in [3.05, 3.63) is 58.2 Å². The predicted octanol–water partition coefficient (Wildman–Crippen LogP) is 3.01. The zero-order valence-electron chi connectivity index (χ0n) is 12.5. The molecule has 0 amide bonds. The Bertz CT molecular complexity index is 715. The second-order valence-electron chi connectivity index (χ2n) is 4.54. The Labute approximate surface area is 128 Å². The molecular formula is C17H18O5. The maximum absolute atomic E-state index is 11.7. The van der Waals surface area contributed by atoms with Crippen molar-refractivity contribution in [1.82, 2.24) is 0 Å². The van der Waals surface area contributed by atoms with Gasteiger partial charge >= 0.3 is 0 Å². The van der Waals surface area contributed by atoms with E-state index in [-0.39, 0.29) is 23.5 Å². The highest BCUT2D eigenvalue weighted by molar-refractivity contribution is 5.55. The second kappa shape index (κ2) is 7.36. The molecule has 2 aromatic rings. The number of hydrogen-bond acceptors (Lipinski definition) is 5. The smallest absolute Gasteiger partial charge is 0.227 e. The van der Waals surface area contributed by atoms with Crippen LogP contribution in [0.4, 0.5) is 0 Å². The molecule has 2 rings (SSSR count). The van der Waals surface area contributed by atoms with Crippen LogP contribution in [0, 0.1) is 0 Å². The Morgan fingerprint density at radius 1 is 1.32 bits per heavy atom. The Morgan fingerprint density at radius 3 is 2.86 bits per heavy atom. The van der Waals surface area contributed by atoms with Crippen LogP contribution in [0.1, 0.15) is 18.2 Å².